The normalized spacial score (nSPS) is 18.7. The molecule has 3 heterocycles. The molecule has 0 amide bonds. The number of ether oxygens (including phenoxy) is 3. The smallest absolute Gasteiger partial charge is 0.288 e. The van der Waals surface area contributed by atoms with E-state index in [4.69, 9.17) is 30.8 Å². The number of para-hydroxylation sites is 4. The highest BCUT2D eigenvalue weighted by molar-refractivity contribution is 7.71. The first-order chi connectivity index (χ1) is 15.2. The van der Waals surface area contributed by atoms with E-state index in [9.17, 15) is 0 Å². The summed E-state index contributed by atoms with van der Waals surface area (Å²) in [5.74, 6) is 2.74. The molecule has 1 saturated heterocycles. The third kappa shape index (κ3) is 4.11. The molecule has 1 atom stereocenters. The van der Waals surface area contributed by atoms with Crippen LogP contribution in [-0.2, 0) is 6.67 Å². The number of rotatable bonds is 5. The van der Waals surface area contributed by atoms with Gasteiger partial charge in [-0.2, -0.15) is 0 Å². The van der Waals surface area contributed by atoms with E-state index in [1.54, 1.807) is 11.8 Å². The summed E-state index contributed by atoms with van der Waals surface area (Å²) in [5.41, 5.74) is 1.12. The third-order valence-electron chi connectivity index (χ3n) is 5.54. The van der Waals surface area contributed by atoms with Crippen LogP contribution in [0.25, 0.3) is 0 Å². The first kappa shape index (κ1) is 19.9. The zero-order valence-corrected chi connectivity index (χ0v) is 18.1. The number of hydrogen-bond donors (Lipinski definition) is 0. The molecular weight excluding hydrogens is 416 g/mol. The van der Waals surface area contributed by atoms with Crippen LogP contribution >= 0.6 is 12.2 Å². The molecule has 31 heavy (non-hydrogen) atoms. The van der Waals surface area contributed by atoms with Crippen LogP contribution in [0.3, 0.4) is 0 Å². The molecule has 0 radical (unpaired) electrons. The van der Waals surface area contributed by atoms with E-state index in [1.807, 2.05) is 42.5 Å². The number of aromatic nitrogens is 2. The Bertz CT molecular complexity index is 1110. The molecule has 0 spiro atoms. The van der Waals surface area contributed by atoms with Gasteiger partial charge < -0.3 is 23.5 Å². The molecule has 0 aliphatic carbocycles. The molecule has 5 rings (SSSR count). The zero-order valence-electron chi connectivity index (χ0n) is 17.3. The van der Waals surface area contributed by atoms with Crippen molar-refractivity contribution >= 4 is 17.9 Å². The van der Waals surface area contributed by atoms with E-state index in [-0.39, 0.29) is 0 Å². The first-order valence-corrected chi connectivity index (χ1v) is 10.7. The highest BCUT2D eigenvalue weighted by Crippen LogP contribution is 2.35. The summed E-state index contributed by atoms with van der Waals surface area (Å²) in [6, 6.07) is 15.7. The predicted octanol–water partition coefficient (Wildman–Crippen LogP) is 3.51. The van der Waals surface area contributed by atoms with E-state index in [0.29, 0.717) is 29.8 Å². The van der Waals surface area contributed by atoms with E-state index in [1.165, 1.54) is 0 Å². The van der Waals surface area contributed by atoms with Gasteiger partial charge in [0.25, 0.3) is 10.7 Å². The largest absolute Gasteiger partial charge is 0.495 e. The van der Waals surface area contributed by atoms with Crippen molar-refractivity contribution in [2.24, 2.45) is 0 Å². The maximum Gasteiger partial charge on any atom is 0.288 e. The topological polar surface area (TPSA) is 65.1 Å². The second kappa shape index (κ2) is 8.60. The van der Waals surface area contributed by atoms with Crippen LogP contribution in [-0.4, -0.2) is 54.6 Å². The Hall–Kier alpha value is -3.04. The molecule has 2 aliphatic heterocycles. The van der Waals surface area contributed by atoms with Gasteiger partial charge in [0.15, 0.2) is 11.5 Å². The molecule has 2 aliphatic rings. The molecule has 2 aromatic carbocycles. The molecule has 0 unspecified atom stereocenters. The van der Waals surface area contributed by atoms with E-state index < -0.39 is 6.10 Å². The summed E-state index contributed by atoms with van der Waals surface area (Å²) in [6.07, 6.45) is -0.416. The number of piperazine rings is 1. The van der Waals surface area contributed by atoms with Crippen molar-refractivity contribution in [2.45, 2.75) is 12.8 Å². The lowest BCUT2D eigenvalue weighted by molar-refractivity contribution is 0.0706. The molecule has 1 fully saturated rings. The minimum absolute atomic E-state index is 0.337. The fraction of sp³-hybridized carbons (Fsp3) is 0.364. The Labute approximate surface area is 185 Å². The Kier molecular flexibility index (Phi) is 5.52. The van der Waals surface area contributed by atoms with Gasteiger partial charge in [0.05, 0.1) is 19.5 Å². The third-order valence-corrected chi connectivity index (χ3v) is 5.83. The molecule has 0 bridgehead atoms. The lowest BCUT2D eigenvalue weighted by Gasteiger charge is -2.36. The maximum absolute atomic E-state index is 5.99. The minimum atomic E-state index is -0.416. The fourth-order valence-electron chi connectivity index (χ4n) is 3.89. The van der Waals surface area contributed by atoms with Crippen molar-refractivity contribution in [3.8, 4) is 17.2 Å². The second-order valence-corrected chi connectivity index (χ2v) is 7.84. The van der Waals surface area contributed by atoms with Crippen LogP contribution in [0.1, 0.15) is 12.0 Å². The van der Waals surface area contributed by atoms with Crippen LogP contribution in [0.15, 0.2) is 52.9 Å². The molecule has 8 nitrogen and oxygen atoms in total. The van der Waals surface area contributed by atoms with Gasteiger partial charge in [-0.3, -0.25) is 4.90 Å². The number of methoxy groups -OCH3 is 1. The van der Waals surface area contributed by atoms with Crippen molar-refractivity contribution < 1.29 is 18.6 Å². The molecule has 162 valence electrons. The molecule has 9 heteroatoms. The van der Waals surface area contributed by atoms with Gasteiger partial charge in [0.1, 0.15) is 12.4 Å². The number of benzene rings is 2. The fourth-order valence-corrected chi connectivity index (χ4v) is 4.08. The van der Waals surface area contributed by atoms with Gasteiger partial charge in [-0.25, -0.2) is 4.68 Å². The quantitative estimate of drug-likeness (QED) is 0.559. The monoisotopic (exact) mass is 440 g/mol. The van der Waals surface area contributed by atoms with Crippen molar-refractivity contribution in [2.75, 3.05) is 44.8 Å². The van der Waals surface area contributed by atoms with Crippen LogP contribution in [0.4, 0.5) is 5.69 Å². The lowest BCUT2D eigenvalue weighted by Crippen LogP contribution is -2.47. The van der Waals surface area contributed by atoms with E-state index >= 15 is 0 Å². The van der Waals surface area contributed by atoms with Crippen LogP contribution in [0.5, 0.6) is 17.2 Å². The SMILES string of the molecule is COc1ccccc1N1CCN(Cn2nc([C@H]3COc4ccccc4O3)oc2=S)CC1. The van der Waals surface area contributed by atoms with Gasteiger partial charge >= 0.3 is 0 Å². The molecule has 3 aromatic rings. The number of nitrogens with zero attached hydrogens (tertiary/aromatic N) is 4. The molecule has 0 N–H and O–H groups in total. The summed E-state index contributed by atoms with van der Waals surface area (Å²) in [6.45, 7) is 4.48. The van der Waals surface area contributed by atoms with Crippen molar-refractivity contribution in [3.05, 3.63) is 59.3 Å². The number of hydrogen-bond acceptors (Lipinski definition) is 8. The Morgan fingerprint density at radius 3 is 2.58 bits per heavy atom. The first-order valence-electron chi connectivity index (χ1n) is 10.3. The highest BCUT2D eigenvalue weighted by Gasteiger charge is 2.28. The minimum Gasteiger partial charge on any atom is -0.495 e. The molecule has 1 aromatic heterocycles. The Morgan fingerprint density at radius 1 is 1.03 bits per heavy atom. The average Bonchev–Trinajstić information content (AvgIpc) is 3.19. The predicted molar refractivity (Wildman–Crippen MR) is 117 cm³/mol. The average molecular weight is 441 g/mol. The van der Waals surface area contributed by atoms with Gasteiger partial charge in [-0.15, -0.1) is 5.10 Å². The van der Waals surface area contributed by atoms with Gasteiger partial charge in [0.2, 0.25) is 6.10 Å². The van der Waals surface area contributed by atoms with Crippen molar-refractivity contribution in [1.82, 2.24) is 14.7 Å². The standard InChI is InChI=1S/C22H24N4O4S/c1-27-17-7-3-2-6-16(17)25-12-10-24(11-13-25)15-26-22(31)30-21(23-26)20-14-28-18-8-4-5-9-19(18)29-20/h2-9,20H,10-15H2,1H3/t20-/m1/s1. The van der Waals surface area contributed by atoms with Crippen molar-refractivity contribution in [1.29, 1.82) is 0 Å². The lowest BCUT2D eigenvalue weighted by atomic mass is 10.2. The van der Waals surface area contributed by atoms with Gasteiger partial charge in [0, 0.05) is 26.2 Å². The van der Waals surface area contributed by atoms with Gasteiger partial charge in [-0.1, -0.05) is 24.3 Å². The van der Waals surface area contributed by atoms with Crippen molar-refractivity contribution in [3.63, 3.8) is 0 Å². The van der Waals surface area contributed by atoms with Crippen LogP contribution in [0.2, 0.25) is 0 Å². The summed E-state index contributed by atoms with van der Waals surface area (Å²) in [7, 11) is 1.71. The van der Waals surface area contributed by atoms with Crippen LogP contribution in [0, 0.1) is 4.84 Å². The summed E-state index contributed by atoms with van der Waals surface area (Å²) in [5, 5.41) is 4.57. The Morgan fingerprint density at radius 2 is 1.77 bits per heavy atom. The van der Waals surface area contributed by atoms with E-state index in [2.05, 4.69) is 21.0 Å². The second-order valence-electron chi connectivity index (χ2n) is 7.49. The van der Waals surface area contributed by atoms with Crippen LogP contribution < -0.4 is 19.1 Å². The van der Waals surface area contributed by atoms with Gasteiger partial charge in [-0.05, 0) is 36.5 Å². The maximum atomic E-state index is 5.99. The summed E-state index contributed by atoms with van der Waals surface area (Å²) in [4.78, 5) is 4.99. The highest BCUT2D eigenvalue weighted by atomic mass is 32.1. The molecule has 0 saturated carbocycles. The zero-order chi connectivity index (χ0) is 21.2. The number of anilines is 1. The van der Waals surface area contributed by atoms with E-state index in [0.717, 1.165) is 43.4 Å². The number of fused-ring (bicyclic) bond motifs is 1. The molecular formula is C22H24N4O4S. The summed E-state index contributed by atoms with van der Waals surface area (Å²) < 4.78 is 24.7. The summed E-state index contributed by atoms with van der Waals surface area (Å²) >= 11 is 5.40. The Balaban J connectivity index is 1.22.